The number of hydrogen-bond acceptors (Lipinski definition) is 3. The number of benzene rings is 2. The number of urea groups is 1. The summed E-state index contributed by atoms with van der Waals surface area (Å²) in [6.45, 7) is 3.42. The summed E-state index contributed by atoms with van der Waals surface area (Å²) < 4.78 is 5.14. The molecule has 0 spiro atoms. The van der Waals surface area contributed by atoms with Crippen LogP contribution in [0, 0.1) is 0 Å². The van der Waals surface area contributed by atoms with Crippen LogP contribution in [-0.2, 0) is 6.54 Å². The number of ether oxygens (including phenoxy) is 1. The molecule has 0 aliphatic carbocycles. The molecule has 0 unspecified atom stereocenters. The van der Waals surface area contributed by atoms with E-state index in [4.69, 9.17) is 16.3 Å². The average molecular weight is 360 g/mol. The van der Waals surface area contributed by atoms with E-state index in [1.165, 1.54) is 0 Å². The lowest BCUT2D eigenvalue weighted by Gasteiger charge is -2.36. The topological polar surface area (TPSA) is 44.8 Å². The van der Waals surface area contributed by atoms with Gasteiger partial charge in [-0.25, -0.2) is 4.79 Å². The van der Waals surface area contributed by atoms with Crippen molar-refractivity contribution in [1.82, 2.24) is 10.2 Å². The van der Waals surface area contributed by atoms with Gasteiger partial charge in [-0.05, 0) is 29.8 Å². The van der Waals surface area contributed by atoms with Crippen molar-refractivity contribution in [2.45, 2.75) is 6.54 Å². The SMILES string of the molecule is COc1ccc(CNC(=O)N2CCN(c3ccccc3Cl)CC2)cc1. The Morgan fingerprint density at radius 1 is 1.08 bits per heavy atom. The normalized spacial score (nSPS) is 14.3. The molecular weight excluding hydrogens is 338 g/mol. The van der Waals surface area contributed by atoms with Crippen LogP contribution in [0.5, 0.6) is 5.75 Å². The molecule has 0 radical (unpaired) electrons. The number of methoxy groups -OCH3 is 1. The molecule has 1 saturated heterocycles. The average Bonchev–Trinajstić information content (AvgIpc) is 2.67. The number of amides is 2. The van der Waals surface area contributed by atoms with Crippen molar-refractivity contribution >= 4 is 23.3 Å². The van der Waals surface area contributed by atoms with Crippen LogP contribution in [0.3, 0.4) is 0 Å². The first-order valence-electron chi connectivity index (χ1n) is 8.32. The summed E-state index contributed by atoms with van der Waals surface area (Å²) in [5.41, 5.74) is 2.08. The van der Waals surface area contributed by atoms with Crippen LogP contribution in [0.15, 0.2) is 48.5 Å². The third-order valence-electron chi connectivity index (χ3n) is 4.36. The Morgan fingerprint density at radius 2 is 1.76 bits per heavy atom. The molecule has 2 aromatic rings. The Morgan fingerprint density at radius 3 is 2.40 bits per heavy atom. The number of piperazine rings is 1. The summed E-state index contributed by atoms with van der Waals surface area (Å²) in [5, 5.41) is 3.72. The number of rotatable bonds is 4. The number of anilines is 1. The third kappa shape index (κ3) is 4.37. The van der Waals surface area contributed by atoms with Crippen molar-refractivity contribution in [2.75, 3.05) is 38.2 Å². The van der Waals surface area contributed by atoms with Crippen molar-refractivity contribution in [3.8, 4) is 5.75 Å². The van der Waals surface area contributed by atoms with Crippen molar-refractivity contribution in [2.24, 2.45) is 0 Å². The molecule has 2 amide bonds. The molecule has 3 rings (SSSR count). The molecule has 25 heavy (non-hydrogen) atoms. The van der Waals surface area contributed by atoms with Gasteiger partial charge in [-0.1, -0.05) is 35.9 Å². The molecule has 0 atom stereocenters. The van der Waals surface area contributed by atoms with E-state index in [0.29, 0.717) is 19.6 Å². The number of nitrogens with zero attached hydrogens (tertiary/aromatic N) is 2. The maximum absolute atomic E-state index is 12.4. The molecule has 1 N–H and O–H groups in total. The Labute approximate surface area is 153 Å². The van der Waals surface area contributed by atoms with Gasteiger partial charge in [0, 0.05) is 32.7 Å². The smallest absolute Gasteiger partial charge is 0.317 e. The molecule has 1 aliphatic heterocycles. The van der Waals surface area contributed by atoms with Gasteiger partial charge in [0.05, 0.1) is 17.8 Å². The lowest BCUT2D eigenvalue weighted by Crippen LogP contribution is -2.51. The minimum Gasteiger partial charge on any atom is -0.497 e. The molecular formula is C19H22ClN3O2. The number of carbonyl (C=O) groups is 1. The summed E-state index contributed by atoms with van der Waals surface area (Å²) in [6.07, 6.45) is 0. The molecule has 132 valence electrons. The molecule has 2 aromatic carbocycles. The van der Waals surface area contributed by atoms with Gasteiger partial charge < -0.3 is 19.9 Å². The van der Waals surface area contributed by atoms with E-state index in [2.05, 4.69) is 10.2 Å². The van der Waals surface area contributed by atoms with Crippen LogP contribution in [0.1, 0.15) is 5.56 Å². The van der Waals surface area contributed by atoms with Crippen LogP contribution >= 0.6 is 11.6 Å². The second kappa shape index (κ2) is 8.12. The molecule has 0 saturated carbocycles. The zero-order chi connectivity index (χ0) is 17.6. The largest absolute Gasteiger partial charge is 0.497 e. The highest BCUT2D eigenvalue weighted by Gasteiger charge is 2.22. The van der Waals surface area contributed by atoms with E-state index >= 15 is 0 Å². The first kappa shape index (κ1) is 17.4. The lowest BCUT2D eigenvalue weighted by molar-refractivity contribution is 0.194. The van der Waals surface area contributed by atoms with Gasteiger partial charge in [0.2, 0.25) is 0 Å². The highest BCUT2D eigenvalue weighted by molar-refractivity contribution is 6.33. The second-order valence-electron chi connectivity index (χ2n) is 5.93. The summed E-state index contributed by atoms with van der Waals surface area (Å²) in [7, 11) is 1.64. The fourth-order valence-electron chi connectivity index (χ4n) is 2.89. The fraction of sp³-hybridized carbons (Fsp3) is 0.316. The standard InChI is InChI=1S/C19H22ClN3O2/c1-25-16-8-6-15(7-9-16)14-21-19(24)23-12-10-22(11-13-23)18-5-3-2-4-17(18)20/h2-9H,10-14H2,1H3,(H,21,24). The first-order valence-corrected chi connectivity index (χ1v) is 8.70. The van der Waals surface area contributed by atoms with Gasteiger partial charge in [-0.15, -0.1) is 0 Å². The van der Waals surface area contributed by atoms with Crippen molar-refractivity contribution in [3.63, 3.8) is 0 Å². The number of halogens is 1. The monoisotopic (exact) mass is 359 g/mol. The van der Waals surface area contributed by atoms with Crippen molar-refractivity contribution < 1.29 is 9.53 Å². The maximum Gasteiger partial charge on any atom is 0.317 e. The van der Waals surface area contributed by atoms with Gasteiger partial charge in [0.1, 0.15) is 5.75 Å². The van der Waals surface area contributed by atoms with Gasteiger partial charge in [0.25, 0.3) is 0 Å². The Hall–Kier alpha value is -2.40. The third-order valence-corrected chi connectivity index (χ3v) is 4.68. The van der Waals surface area contributed by atoms with Gasteiger partial charge in [0.15, 0.2) is 0 Å². The molecule has 1 heterocycles. The highest BCUT2D eigenvalue weighted by Crippen LogP contribution is 2.26. The van der Waals surface area contributed by atoms with Crippen molar-refractivity contribution in [1.29, 1.82) is 0 Å². The predicted molar refractivity (Wildman–Crippen MR) is 100 cm³/mol. The van der Waals surface area contributed by atoms with Crippen molar-refractivity contribution in [3.05, 3.63) is 59.1 Å². The predicted octanol–water partition coefficient (Wildman–Crippen LogP) is 3.38. The van der Waals surface area contributed by atoms with Crippen LogP contribution in [0.4, 0.5) is 10.5 Å². The zero-order valence-corrected chi connectivity index (χ0v) is 15.0. The molecule has 0 aromatic heterocycles. The first-order chi connectivity index (χ1) is 12.2. The molecule has 1 aliphatic rings. The van der Waals surface area contributed by atoms with Gasteiger partial charge >= 0.3 is 6.03 Å². The van der Waals surface area contributed by atoms with Crippen LogP contribution in [0.25, 0.3) is 0 Å². The van der Waals surface area contributed by atoms with Crippen LogP contribution < -0.4 is 15.0 Å². The zero-order valence-electron chi connectivity index (χ0n) is 14.2. The second-order valence-corrected chi connectivity index (χ2v) is 6.34. The summed E-state index contributed by atoms with van der Waals surface area (Å²) >= 11 is 6.25. The Kier molecular flexibility index (Phi) is 5.66. The number of carbonyl (C=O) groups excluding carboxylic acids is 1. The van der Waals surface area contributed by atoms with E-state index in [9.17, 15) is 4.79 Å². The van der Waals surface area contributed by atoms with E-state index in [-0.39, 0.29) is 6.03 Å². The molecule has 5 nitrogen and oxygen atoms in total. The van der Waals surface area contributed by atoms with Gasteiger partial charge in [-0.2, -0.15) is 0 Å². The molecule has 6 heteroatoms. The number of hydrogen-bond donors (Lipinski definition) is 1. The number of nitrogens with one attached hydrogen (secondary N) is 1. The minimum absolute atomic E-state index is 0.0328. The van der Waals surface area contributed by atoms with E-state index in [0.717, 1.165) is 35.1 Å². The Bertz CT molecular complexity index is 713. The van der Waals surface area contributed by atoms with E-state index in [1.807, 2.05) is 53.4 Å². The molecule has 0 bridgehead atoms. The maximum atomic E-state index is 12.4. The Balaban J connectivity index is 1.49. The number of para-hydroxylation sites is 1. The van der Waals surface area contributed by atoms with E-state index in [1.54, 1.807) is 7.11 Å². The summed E-state index contributed by atoms with van der Waals surface area (Å²) in [6, 6.07) is 15.5. The minimum atomic E-state index is -0.0328. The van der Waals surface area contributed by atoms with Crippen LogP contribution in [0.2, 0.25) is 5.02 Å². The molecule has 1 fully saturated rings. The summed E-state index contributed by atoms with van der Waals surface area (Å²) in [5.74, 6) is 0.811. The quantitative estimate of drug-likeness (QED) is 0.910. The summed E-state index contributed by atoms with van der Waals surface area (Å²) in [4.78, 5) is 16.4. The van der Waals surface area contributed by atoms with Crippen LogP contribution in [-0.4, -0.2) is 44.2 Å². The highest BCUT2D eigenvalue weighted by atomic mass is 35.5. The van der Waals surface area contributed by atoms with Gasteiger partial charge in [-0.3, -0.25) is 0 Å². The fourth-order valence-corrected chi connectivity index (χ4v) is 3.15. The lowest BCUT2D eigenvalue weighted by atomic mass is 10.2. The van der Waals surface area contributed by atoms with E-state index < -0.39 is 0 Å².